The van der Waals surface area contributed by atoms with Crippen LogP contribution in [0.1, 0.15) is 50.9 Å². The molecule has 5 nitrogen and oxygen atoms in total. The normalized spacial score (nSPS) is 15.6. The molecule has 1 saturated heterocycles. The van der Waals surface area contributed by atoms with Crippen molar-refractivity contribution in [2.75, 3.05) is 19.7 Å². The fourth-order valence-electron chi connectivity index (χ4n) is 3.40. The Bertz CT molecular complexity index is 673. The van der Waals surface area contributed by atoms with Crippen LogP contribution >= 0.6 is 0 Å². The maximum absolute atomic E-state index is 12.4. The lowest BCUT2D eigenvalue weighted by Gasteiger charge is -2.32. The van der Waals surface area contributed by atoms with Gasteiger partial charge in [-0.25, -0.2) is 4.98 Å². The molecule has 0 saturated carbocycles. The molecule has 1 aromatic heterocycles. The van der Waals surface area contributed by atoms with E-state index in [2.05, 4.69) is 29.6 Å². The minimum absolute atomic E-state index is 0.182. The van der Waals surface area contributed by atoms with Gasteiger partial charge in [0.05, 0.1) is 13.0 Å². The first-order valence-corrected chi connectivity index (χ1v) is 9.13. The second-order valence-electron chi connectivity index (χ2n) is 6.85. The number of likely N-dealkylation sites (tertiary alicyclic amines) is 1. The van der Waals surface area contributed by atoms with Gasteiger partial charge < -0.3 is 14.2 Å². The number of ether oxygens (including phenoxy) is 1. The molecular formula is C20H27N3O2. The molecule has 134 valence electrons. The van der Waals surface area contributed by atoms with Crippen molar-refractivity contribution >= 4 is 5.91 Å². The van der Waals surface area contributed by atoms with Gasteiger partial charge >= 0.3 is 0 Å². The van der Waals surface area contributed by atoms with Gasteiger partial charge in [-0.2, -0.15) is 0 Å². The van der Waals surface area contributed by atoms with Crippen LogP contribution in [0.2, 0.25) is 0 Å². The molecule has 1 aliphatic heterocycles. The van der Waals surface area contributed by atoms with E-state index < -0.39 is 0 Å². The molecule has 2 aromatic rings. The van der Waals surface area contributed by atoms with E-state index in [0.717, 1.165) is 37.5 Å². The molecule has 2 heterocycles. The highest BCUT2D eigenvalue weighted by molar-refractivity contribution is 5.76. The Morgan fingerprint density at radius 3 is 2.64 bits per heavy atom. The van der Waals surface area contributed by atoms with Crippen molar-refractivity contribution in [2.45, 2.75) is 45.1 Å². The molecule has 0 aliphatic carbocycles. The minimum Gasteiger partial charge on any atom is -0.493 e. The summed E-state index contributed by atoms with van der Waals surface area (Å²) < 4.78 is 7.87. The number of hydrogen-bond donors (Lipinski definition) is 0. The maximum atomic E-state index is 12.4. The van der Waals surface area contributed by atoms with Crippen LogP contribution < -0.4 is 4.74 Å². The average molecular weight is 341 g/mol. The number of rotatable bonds is 6. The number of para-hydroxylation sites is 1. The molecule has 0 unspecified atom stereocenters. The SMILES string of the molecule is CC(C)n1ccnc1C1CCN(C(=O)CCOc2ccccc2)CC1. The Morgan fingerprint density at radius 2 is 1.96 bits per heavy atom. The second-order valence-corrected chi connectivity index (χ2v) is 6.85. The number of amides is 1. The van der Waals surface area contributed by atoms with Crippen LogP contribution in [0.25, 0.3) is 0 Å². The predicted octanol–water partition coefficient (Wildman–Crippen LogP) is 3.64. The van der Waals surface area contributed by atoms with Crippen molar-refractivity contribution in [3.8, 4) is 5.75 Å². The van der Waals surface area contributed by atoms with Crippen molar-refractivity contribution in [1.29, 1.82) is 0 Å². The molecule has 25 heavy (non-hydrogen) atoms. The van der Waals surface area contributed by atoms with Crippen molar-refractivity contribution in [3.05, 3.63) is 48.5 Å². The monoisotopic (exact) mass is 341 g/mol. The van der Waals surface area contributed by atoms with E-state index in [1.807, 2.05) is 41.4 Å². The van der Waals surface area contributed by atoms with Crippen molar-refractivity contribution in [3.63, 3.8) is 0 Å². The number of aromatic nitrogens is 2. The third kappa shape index (κ3) is 4.41. The van der Waals surface area contributed by atoms with Crippen LogP contribution in [0.4, 0.5) is 0 Å². The highest BCUT2D eigenvalue weighted by Crippen LogP contribution is 2.28. The summed E-state index contributed by atoms with van der Waals surface area (Å²) in [6.45, 7) is 6.40. The van der Waals surface area contributed by atoms with Crippen molar-refractivity contribution in [2.24, 2.45) is 0 Å². The summed E-state index contributed by atoms with van der Waals surface area (Å²) in [6, 6.07) is 10.1. The zero-order valence-corrected chi connectivity index (χ0v) is 15.1. The summed E-state index contributed by atoms with van der Waals surface area (Å²) in [5.74, 6) is 2.60. The van der Waals surface area contributed by atoms with Crippen LogP contribution in [-0.2, 0) is 4.79 Å². The zero-order valence-electron chi connectivity index (χ0n) is 15.1. The fourth-order valence-corrected chi connectivity index (χ4v) is 3.40. The standard InChI is InChI=1S/C20H27N3O2/c1-16(2)23-14-11-21-20(23)17-8-12-22(13-9-17)19(24)10-15-25-18-6-4-3-5-7-18/h3-7,11,14,16-17H,8-10,12-13,15H2,1-2H3. The molecule has 0 N–H and O–H groups in total. The van der Waals surface area contributed by atoms with Gasteiger partial charge in [-0.05, 0) is 38.8 Å². The first-order chi connectivity index (χ1) is 12.1. The molecule has 3 rings (SSSR count). The summed E-state index contributed by atoms with van der Waals surface area (Å²) in [4.78, 5) is 18.9. The molecule has 5 heteroatoms. The van der Waals surface area contributed by atoms with E-state index in [9.17, 15) is 4.79 Å². The minimum atomic E-state index is 0.182. The lowest BCUT2D eigenvalue weighted by molar-refractivity contribution is -0.132. The number of piperidine rings is 1. The van der Waals surface area contributed by atoms with Crippen LogP contribution in [0.3, 0.4) is 0 Å². The first-order valence-electron chi connectivity index (χ1n) is 9.13. The lowest BCUT2D eigenvalue weighted by atomic mass is 9.95. The number of benzene rings is 1. The second kappa shape index (κ2) is 8.19. The van der Waals surface area contributed by atoms with Gasteiger partial charge in [-0.3, -0.25) is 4.79 Å². The maximum Gasteiger partial charge on any atom is 0.225 e. The summed E-state index contributed by atoms with van der Waals surface area (Å²) >= 11 is 0. The Labute approximate surface area is 149 Å². The molecule has 0 atom stereocenters. The average Bonchev–Trinajstić information content (AvgIpc) is 3.13. The Morgan fingerprint density at radius 1 is 1.24 bits per heavy atom. The summed E-state index contributed by atoms with van der Waals surface area (Å²) in [5.41, 5.74) is 0. The largest absolute Gasteiger partial charge is 0.493 e. The third-order valence-electron chi connectivity index (χ3n) is 4.80. The molecule has 1 fully saturated rings. The van der Waals surface area contributed by atoms with Gasteiger partial charge in [0.2, 0.25) is 5.91 Å². The predicted molar refractivity (Wildman–Crippen MR) is 97.7 cm³/mol. The number of imidazole rings is 1. The van der Waals surface area contributed by atoms with E-state index in [1.54, 1.807) is 0 Å². The Kier molecular flexibility index (Phi) is 5.74. The van der Waals surface area contributed by atoms with Crippen LogP contribution in [-0.4, -0.2) is 40.1 Å². The molecular weight excluding hydrogens is 314 g/mol. The first kappa shape index (κ1) is 17.5. The molecule has 1 aliphatic rings. The zero-order chi connectivity index (χ0) is 17.6. The van der Waals surface area contributed by atoms with Gasteiger partial charge in [0, 0.05) is 37.4 Å². The molecule has 0 spiro atoms. The lowest BCUT2D eigenvalue weighted by Crippen LogP contribution is -2.39. The van der Waals surface area contributed by atoms with E-state index >= 15 is 0 Å². The number of nitrogens with zero attached hydrogens (tertiary/aromatic N) is 3. The highest BCUT2D eigenvalue weighted by Gasteiger charge is 2.26. The van der Waals surface area contributed by atoms with E-state index in [4.69, 9.17) is 4.74 Å². The number of hydrogen-bond acceptors (Lipinski definition) is 3. The van der Waals surface area contributed by atoms with E-state index in [-0.39, 0.29) is 5.91 Å². The van der Waals surface area contributed by atoms with Crippen LogP contribution in [0.5, 0.6) is 5.75 Å². The van der Waals surface area contributed by atoms with Crippen LogP contribution in [0, 0.1) is 0 Å². The summed E-state index contributed by atoms with van der Waals surface area (Å²) in [7, 11) is 0. The summed E-state index contributed by atoms with van der Waals surface area (Å²) in [6.07, 6.45) is 6.33. The number of carbonyl (C=O) groups is 1. The van der Waals surface area contributed by atoms with E-state index in [1.165, 1.54) is 0 Å². The van der Waals surface area contributed by atoms with Gasteiger partial charge in [-0.1, -0.05) is 18.2 Å². The molecule has 0 bridgehead atoms. The quantitative estimate of drug-likeness (QED) is 0.806. The van der Waals surface area contributed by atoms with Gasteiger partial charge in [-0.15, -0.1) is 0 Å². The Balaban J connectivity index is 1.45. The summed E-state index contributed by atoms with van der Waals surface area (Å²) in [5, 5.41) is 0. The number of carbonyl (C=O) groups excluding carboxylic acids is 1. The van der Waals surface area contributed by atoms with Crippen LogP contribution in [0.15, 0.2) is 42.7 Å². The van der Waals surface area contributed by atoms with Gasteiger partial charge in [0.1, 0.15) is 11.6 Å². The van der Waals surface area contributed by atoms with Gasteiger partial charge in [0.25, 0.3) is 0 Å². The third-order valence-corrected chi connectivity index (χ3v) is 4.80. The highest BCUT2D eigenvalue weighted by atomic mass is 16.5. The smallest absolute Gasteiger partial charge is 0.225 e. The van der Waals surface area contributed by atoms with Crippen molar-refractivity contribution in [1.82, 2.24) is 14.5 Å². The molecule has 0 radical (unpaired) electrons. The van der Waals surface area contributed by atoms with E-state index in [0.29, 0.717) is 25.0 Å². The van der Waals surface area contributed by atoms with Gasteiger partial charge in [0.15, 0.2) is 0 Å². The van der Waals surface area contributed by atoms with Crippen molar-refractivity contribution < 1.29 is 9.53 Å². The Hall–Kier alpha value is -2.30. The molecule has 1 aromatic carbocycles. The fraction of sp³-hybridized carbons (Fsp3) is 0.500. The molecule has 1 amide bonds. The topological polar surface area (TPSA) is 47.4 Å².